The van der Waals surface area contributed by atoms with Crippen LogP contribution in [0.25, 0.3) is 11.0 Å². The fourth-order valence-corrected chi connectivity index (χ4v) is 2.72. The fourth-order valence-electron chi connectivity index (χ4n) is 2.72. The zero-order valence-corrected chi connectivity index (χ0v) is 14.4. The number of benzene rings is 2. The number of nitrogens with one attached hydrogen (secondary N) is 1. The highest BCUT2D eigenvalue weighted by atomic mass is 16.5. The first-order valence-electron chi connectivity index (χ1n) is 8.58. The fraction of sp³-hybridized carbons (Fsp3) is 0.333. The molecular weight excluding hydrogens is 298 g/mol. The van der Waals surface area contributed by atoms with Crippen molar-refractivity contribution in [2.75, 3.05) is 13.2 Å². The molecule has 0 aliphatic rings. The van der Waals surface area contributed by atoms with Gasteiger partial charge in [-0.25, -0.2) is 0 Å². The summed E-state index contributed by atoms with van der Waals surface area (Å²) in [5, 5.41) is 4.56. The molecule has 3 heteroatoms. The van der Waals surface area contributed by atoms with Gasteiger partial charge in [0.15, 0.2) is 0 Å². The molecule has 0 spiro atoms. The molecule has 0 amide bonds. The van der Waals surface area contributed by atoms with Crippen LogP contribution in [0.4, 0.5) is 0 Å². The molecule has 0 aliphatic carbocycles. The van der Waals surface area contributed by atoms with Gasteiger partial charge in [0, 0.05) is 24.9 Å². The van der Waals surface area contributed by atoms with E-state index < -0.39 is 0 Å². The summed E-state index contributed by atoms with van der Waals surface area (Å²) in [7, 11) is 0. The van der Waals surface area contributed by atoms with Crippen LogP contribution in [0.3, 0.4) is 0 Å². The monoisotopic (exact) mass is 323 g/mol. The molecule has 3 rings (SSSR count). The SMILES string of the molecule is CC(C)OCCNCc1ccc2cc(Cc3ccccc3)oc2c1. The number of hydrogen-bond acceptors (Lipinski definition) is 3. The summed E-state index contributed by atoms with van der Waals surface area (Å²) in [6.07, 6.45) is 1.12. The summed E-state index contributed by atoms with van der Waals surface area (Å²) in [5.74, 6) is 1.01. The van der Waals surface area contributed by atoms with Crippen molar-refractivity contribution in [1.82, 2.24) is 5.32 Å². The molecule has 24 heavy (non-hydrogen) atoms. The molecule has 0 atom stereocenters. The van der Waals surface area contributed by atoms with Crippen LogP contribution in [0.15, 0.2) is 59.0 Å². The van der Waals surface area contributed by atoms with E-state index in [0.29, 0.717) is 0 Å². The van der Waals surface area contributed by atoms with Gasteiger partial charge in [0.25, 0.3) is 0 Å². The van der Waals surface area contributed by atoms with E-state index in [9.17, 15) is 0 Å². The highest BCUT2D eigenvalue weighted by molar-refractivity contribution is 5.78. The van der Waals surface area contributed by atoms with Crippen molar-refractivity contribution < 1.29 is 9.15 Å². The van der Waals surface area contributed by atoms with Crippen molar-refractivity contribution >= 4 is 11.0 Å². The molecule has 1 N–H and O–H groups in total. The second-order valence-electron chi connectivity index (χ2n) is 6.34. The predicted molar refractivity (Wildman–Crippen MR) is 98.3 cm³/mol. The molecule has 0 fully saturated rings. The first kappa shape index (κ1) is 16.7. The van der Waals surface area contributed by atoms with Crippen LogP contribution < -0.4 is 5.32 Å². The average molecular weight is 323 g/mol. The molecule has 0 bridgehead atoms. The van der Waals surface area contributed by atoms with Crippen molar-refractivity contribution in [3.8, 4) is 0 Å². The maximum Gasteiger partial charge on any atom is 0.134 e. The van der Waals surface area contributed by atoms with Crippen LogP contribution in [-0.2, 0) is 17.7 Å². The molecule has 0 aliphatic heterocycles. The zero-order valence-electron chi connectivity index (χ0n) is 14.4. The van der Waals surface area contributed by atoms with Gasteiger partial charge in [-0.1, -0.05) is 42.5 Å². The highest BCUT2D eigenvalue weighted by Gasteiger charge is 2.06. The Morgan fingerprint density at radius 2 is 1.83 bits per heavy atom. The Kier molecular flexibility index (Phi) is 5.68. The maximum atomic E-state index is 6.02. The zero-order chi connectivity index (χ0) is 16.8. The van der Waals surface area contributed by atoms with Gasteiger partial charge in [-0.2, -0.15) is 0 Å². The van der Waals surface area contributed by atoms with E-state index in [1.807, 2.05) is 6.07 Å². The summed E-state index contributed by atoms with van der Waals surface area (Å²) >= 11 is 0. The molecule has 2 aromatic carbocycles. The van der Waals surface area contributed by atoms with Gasteiger partial charge in [-0.3, -0.25) is 0 Å². The lowest BCUT2D eigenvalue weighted by molar-refractivity contribution is 0.0807. The lowest BCUT2D eigenvalue weighted by Gasteiger charge is -2.08. The van der Waals surface area contributed by atoms with E-state index in [1.54, 1.807) is 0 Å². The third kappa shape index (κ3) is 4.70. The van der Waals surface area contributed by atoms with Crippen LogP contribution in [0.2, 0.25) is 0 Å². The topological polar surface area (TPSA) is 34.4 Å². The Labute approximate surface area is 143 Å². The highest BCUT2D eigenvalue weighted by Crippen LogP contribution is 2.22. The molecule has 3 nitrogen and oxygen atoms in total. The number of hydrogen-bond donors (Lipinski definition) is 1. The molecule has 126 valence electrons. The molecule has 1 aromatic heterocycles. The van der Waals surface area contributed by atoms with Crippen molar-refractivity contribution in [2.24, 2.45) is 0 Å². The van der Waals surface area contributed by atoms with E-state index in [2.05, 4.69) is 67.7 Å². The quantitative estimate of drug-likeness (QED) is 0.618. The van der Waals surface area contributed by atoms with Crippen LogP contribution in [0.5, 0.6) is 0 Å². The Bertz CT molecular complexity index is 762. The predicted octanol–water partition coefficient (Wildman–Crippen LogP) is 4.54. The Balaban J connectivity index is 1.59. The summed E-state index contributed by atoms with van der Waals surface area (Å²) in [6.45, 7) is 6.53. The second-order valence-corrected chi connectivity index (χ2v) is 6.34. The van der Waals surface area contributed by atoms with Crippen LogP contribution in [0.1, 0.15) is 30.7 Å². The summed E-state index contributed by atoms with van der Waals surface area (Å²) in [5.41, 5.74) is 3.45. The lowest BCUT2D eigenvalue weighted by Crippen LogP contribution is -2.20. The third-order valence-electron chi connectivity index (χ3n) is 3.92. The number of furan rings is 1. The van der Waals surface area contributed by atoms with Gasteiger partial charge in [0.05, 0.1) is 12.7 Å². The molecule has 0 saturated heterocycles. The minimum Gasteiger partial charge on any atom is -0.461 e. The number of rotatable bonds is 8. The maximum absolute atomic E-state index is 6.02. The van der Waals surface area contributed by atoms with E-state index >= 15 is 0 Å². The van der Waals surface area contributed by atoms with Crippen molar-refractivity contribution in [2.45, 2.75) is 32.9 Å². The number of fused-ring (bicyclic) bond motifs is 1. The van der Waals surface area contributed by atoms with Gasteiger partial charge in [-0.05, 0) is 37.1 Å². The minimum absolute atomic E-state index is 0.286. The van der Waals surface area contributed by atoms with E-state index in [0.717, 1.165) is 42.8 Å². The summed E-state index contributed by atoms with van der Waals surface area (Å²) in [6, 6.07) is 19.0. The smallest absolute Gasteiger partial charge is 0.134 e. The number of ether oxygens (including phenoxy) is 1. The van der Waals surface area contributed by atoms with Gasteiger partial charge in [0.2, 0.25) is 0 Å². The normalized spacial score (nSPS) is 11.5. The van der Waals surface area contributed by atoms with Gasteiger partial charge in [0.1, 0.15) is 11.3 Å². The summed E-state index contributed by atoms with van der Waals surface area (Å²) < 4.78 is 11.5. The van der Waals surface area contributed by atoms with Gasteiger partial charge in [-0.15, -0.1) is 0 Å². The average Bonchev–Trinajstić information content (AvgIpc) is 2.96. The summed E-state index contributed by atoms with van der Waals surface area (Å²) in [4.78, 5) is 0. The van der Waals surface area contributed by atoms with E-state index in [4.69, 9.17) is 9.15 Å². The van der Waals surface area contributed by atoms with Crippen LogP contribution in [0, 0.1) is 0 Å². The lowest BCUT2D eigenvalue weighted by atomic mass is 10.1. The second kappa shape index (κ2) is 8.13. The molecule has 0 unspecified atom stereocenters. The van der Waals surface area contributed by atoms with Crippen LogP contribution >= 0.6 is 0 Å². The largest absolute Gasteiger partial charge is 0.461 e. The Morgan fingerprint density at radius 3 is 2.62 bits per heavy atom. The molecule has 3 aromatic rings. The van der Waals surface area contributed by atoms with Crippen molar-refractivity contribution in [3.05, 3.63) is 71.5 Å². The molecule has 1 heterocycles. The molecular formula is C21H25NO2. The van der Waals surface area contributed by atoms with E-state index in [1.165, 1.54) is 11.1 Å². The van der Waals surface area contributed by atoms with E-state index in [-0.39, 0.29) is 6.10 Å². The first-order chi connectivity index (χ1) is 11.7. The van der Waals surface area contributed by atoms with Crippen molar-refractivity contribution in [3.63, 3.8) is 0 Å². The standard InChI is InChI=1S/C21H25NO2/c1-16(2)23-11-10-22-15-18-8-9-19-14-20(24-21(19)13-18)12-17-6-4-3-5-7-17/h3-9,13-14,16,22H,10-12,15H2,1-2H3. The Morgan fingerprint density at radius 1 is 1.00 bits per heavy atom. The minimum atomic E-state index is 0.286. The van der Waals surface area contributed by atoms with Gasteiger partial charge >= 0.3 is 0 Å². The Hall–Kier alpha value is -2.10. The van der Waals surface area contributed by atoms with Crippen molar-refractivity contribution in [1.29, 1.82) is 0 Å². The molecule has 0 saturated carbocycles. The van der Waals surface area contributed by atoms with Gasteiger partial charge < -0.3 is 14.5 Å². The first-order valence-corrected chi connectivity index (χ1v) is 8.58. The van der Waals surface area contributed by atoms with Crippen LogP contribution in [-0.4, -0.2) is 19.3 Å². The third-order valence-corrected chi connectivity index (χ3v) is 3.92. The molecule has 0 radical (unpaired) electrons.